The summed E-state index contributed by atoms with van der Waals surface area (Å²) in [5, 5.41) is 0.729. The van der Waals surface area contributed by atoms with Crippen LogP contribution in [0.4, 0.5) is 5.69 Å². The number of halogens is 1. The highest BCUT2D eigenvalue weighted by molar-refractivity contribution is 6.30. The summed E-state index contributed by atoms with van der Waals surface area (Å²) >= 11 is 5.99. The zero-order valence-electron chi connectivity index (χ0n) is 10.4. The molecule has 2 rings (SSSR count). The molecule has 0 aliphatic rings. The Balaban J connectivity index is 2.03. The second-order valence-electron chi connectivity index (χ2n) is 4.50. The number of rotatable bonds is 4. The molecule has 0 spiro atoms. The third kappa shape index (κ3) is 3.49. The highest BCUT2D eigenvalue weighted by Gasteiger charge is 2.05. The van der Waals surface area contributed by atoms with Gasteiger partial charge in [0, 0.05) is 23.8 Å². The van der Waals surface area contributed by atoms with E-state index in [0.717, 1.165) is 29.4 Å². The summed E-state index contributed by atoms with van der Waals surface area (Å²) in [5.41, 5.74) is 9.10. The van der Waals surface area contributed by atoms with E-state index >= 15 is 0 Å². The van der Waals surface area contributed by atoms with Crippen molar-refractivity contribution in [1.29, 1.82) is 0 Å². The van der Waals surface area contributed by atoms with E-state index in [4.69, 9.17) is 17.3 Å². The maximum absolute atomic E-state index is 5.99. The van der Waals surface area contributed by atoms with E-state index in [1.807, 2.05) is 24.3 Å². The minimum absolute atomic E-state index is 0.729. The second-order valence-corrected chi connectivity index (χ2v) is 4.94. The van der Waals surface area contributed by atoms with Gasteiger partial charge in [0.15, 0.2) is 0 Å². The van der Waals surface area contributed by atoms with E-state index in [1.165, 1.54) is 5.56 Å². The van der Waals surface area contributed by atoms with Crippen molar-refractivity contribution in [2.24, 2.45) is 0 Å². The van der Waals surface area contributed by atoms with Crippen LogP contribution >= 0.6 is 11.6 Å². The van der Waals surface area contributed by atoms with E-state index < -0.39 is 0 Å². The van der Waals surface area contributed by atoms with Crippen molar-refractivity contribution in [3.05, 3.63) is 64.7 Å². The first-order chi connectivity index (χ1) is 8.65. The van der Waals surface area contributed by atoms with Gasteiger partial charge in [-0.15, -0.1) is 0 Å². The minimum Gasteiger partial charge on any atom is -0.398 e. The molecule has 0 saturated carbocycles. The second kappa shape index (κ2) is 5.89. The van der Waals surface area contributed by atoms with E-state index in [2.05, 4.69) is 36.2 Å². The molecule has 0 atom stereocenters. The molecule has 0 aromatic heterocycles. The fourth-order valence-electron chi connectivity index (χ4n) is 1.95. The lowest BCUT2D eigenvalue weighted by Gasteiger charge is -2.18. The van der Waals surface area contributed by atoms with Gasteiger partial charge in [-0.05, 0) is 36.4 Å². The van der Waals surface area contributed by atoms with Gasteiger partial charge >= 0.3 is 0 Å². The first-order valence-electron chi connectivity index (χ1n) is 5.91. The Bertz CT molecular complexity index is 511. The Morgan fingerprint density at radius 1 is 1.06 bits per heavy atom. The molecule has 2 nitrogen and oxygen atoms in total. The highest BCUT2D eigenvalue weighted by Crippen LogP contribution is 2.19. The van der Waals surface area contributed by atoms with Crippen molar-refractivity contribution in [2.45, 2.75) is 13.1 Å². The molecule has 3 heteroatoms. The van der Waals surface area contributed by atoms with Crippen LogP contribution in [-0.4, -0.2) is 11.9 Å². The van der Waals surface area contributed by atoms with Crippen LogP contribution in [0.3, 0.4) is 0 Å². The fraction of sp³-hybridized carbons (Fsp3) is 0.200. The van der Waals surface area contributed by atoms with Crippen LogP contribution in [0.15, 0.2) is 48.5 Å². The number of hydrogen-bond acceptors (Lipinski definition) is 2. The summed E-state index contributed by atoms with van der Waals surface area (Å²) in [5.74, 6) is 0. The summed E-state index contributed by atoms with van der Waals surface area (Å²) in [4.78, 5) is 2.22. The van der Waals surface area contributed by atoms with Gasteiger partial charge in [0.05, 0.1) is 0 Å². The molecule has 0 bridgehead atoms. The normalized spacial score (nSPS) is 10.8. The molecule has 0 saturated heterocycles. The quantitative estimate of drug-likeness (QED) is 0.852. The Hall–Kier alpha value is -1.51. The van der Waals surface area contributed by atoms with Crippen molar-refractivity contribution in [3.8, 4) is 0 Å². The van der Waals surface area contributed by atoms with Gasteiger partial charge in [0.2, 0.25) is 0 Å². The predicted molar refractivity (Wildman–Crippen MR) is 77.5 cm³/mol. The molecular formula is C15H17ClN2. The molecular weight excluding hydrogens is 244 g/mol. The largest absolute Gasteiger partial charge is 0.398 e. The molecule has 0 amide bonds. The molecule has 0 aliphatic heterocycles. The lowest BCUT2D eigenvalue weighted by Crippen LogP contribution is -2.18. The number of nitrogens with zero attached hydrogens (tertiary/aromatic N) is 1. The van der Waals surface area contributed by atoms with Crippen molar-refractivity contribution < 1.29 is 0 Å². The van der Waals surface area contributed by atoms with Crippen molar-refractivity contribution in [3.63, 3.8) is 0 Å². The third-order valence-electron chi connectivity index (χ3n) is 2.84. The van der Waals surface area contributed by atoms with Crippen molar-refractivity contribution in [2.75, 3.05) is 12.8 Å². The lowest BCUT2D eigenvalue weighted by atomic mass is 10.1. The van der Waals surface area contributed by atoms with Crippen LogP contribution in [0.25, 0.3) is 0 Å². The lowest BCUT2D eigenvalue weighted by molar-refractivity contribution is 0.319. The van der Waals surface area contributed by atoms with E-state index in [-0.39, 0.29) is 0 Å². The molecule has 0 fully saturated rings. The van der Waals surface area contributed by atoms with Crippen LogP contribution in [0.2, 0.25) is 5.02 Å². The SMILES string of the molecule is CN(Cc1ccccc1)Cc1cc(Cl)ccc1N. The summed E-state index contributed by atoms with van der Waals surface area (Å²) in [7, 11) is 2.08. The van der Waals surface area contributed by atoms with Gasteiger partial charge < -0.3 is 5.73 Å². The Kier molecular flexibility index (Phi) is 4.24. The highest BCUT2D eigenvalue weighted by atomic mass is 35.5. The van der Waals surface area contributed by atoms with Crippen LogP contribution in [0.1, 0.15) is 11.1 Å². The van der Waals surface area contributed by atoms with Gasteiger partial charge in [0.25, 0.3) is 0 Å². The zero-order chi connectivity index (χ0) is 13.0. The smallest absolute Gasteiger partial charge is 0.0410 e. The topological polar surface area (TPSA) is 29.3 Å². The summed E-state index contributed by atoms with van der Waals surface area (Å²) < 4.78 is 0. The standard InChI is InChI=1S/C15H17ClN2/c1-18(10-12-5-3-2-4-6-12)11-13-9-14(16)7-8-15(13)17/h2-9H,10-11,17H2,1H3. The molecule has 94 valence electrons. The van der Waals surface area contributed by atoms with Gasteiger partial charge in [-0.3, -0.25) is 4.90 Å². The van der Waals surface area contributed by atoms with E-state index in [1.54, 1.807) is 0 Å². The number of nitrogens with two attached hydrogens (primary N) is 1. The molecule has 2 N–H and O–H groups in total. The van der Waals surface area contributed by atoms with Crippen molar-refractivity contribution >= 4 is 17.3 Å². The number of anilines is 1. The van der Waals surface area contributed by atoms with Crippen LogP contribution in [0.5, 0.6) is 0 Å². The number of hydrogen-bond donors (Lipinski definition) is 1. The maximum atomic E-state index is 5.99. The first-order valence-corrected chi connectivity index (χ1v) is 6.29. The zero-order valence-corrected chi connectivity index (χ0v) is 11.2. The third-order valence-corrected chi connectivity index (χ3v) is 3.08. The predicted octanol–water partition coefficient (Wildman–Crippen LogP) is 3.55. The maximum Gasteiger partial charge on any atom is 0.0410 e. The van der Waals surface area contributed by atoms with Gasteiger partial charge in [-0.2, -0.15) is 0 Å². The Morgan fingerprint density at radius 2 is 1.78 bits per heavy atom. The molecule has 0 heterocycles. The molecule has 0 unspecified atom stereocenters. The summed E-state index contributed by atoms with van der Waals surface area (Å²) in [6.07, 6.45) is 0. The van der Waals surface area contributed by atoms with Crippen LogP contribution in [-0.2, 0) is 13.1 Å². The number of benzene rings is 2. The molecule has 2 aromatic carbocycles. The molecule has 18 heavy (non-hydrogen) atoms. The fourth-order valence-corrected chi connectivity index (χ4v) is 2.15. The first kappa shape index (κ1) is 12.9. The molecule has 2 aromatic rings. The van der Waals surface area contributed by atoms with Crippen LogP contribution in [0, 0.1) is 0 Å². The summed E-state index contributed by atoms with van der Waals surface area (Å²) in [6.45, 7) is 1.69. The molecule has 0 aliphatic carbocycles. The van der Waals surface area contributed by atoms with Gasteiger partial charge in [-0.1, -0.05) is 41.9 Å². The minimum atomic E-state index is 0.729. The monoisotopic (exact) mass is 260 g/mol. The van der Waals surface area contributed by atoms with Crippen LogP contribution < -0.4 is 5.73 Å². The van der Waals surface area contributed by atoms with E-state index in [0.29, 0.717) is 0 Å². The average molecular weight is 261 g/mol. The van der Waals surface area contributed by atoms with Gasteiger partial charge in [0.1, 0.15) is 0 Å². The number of nitrogen functional groups attached to an aromatic ring is 1. The Morgan fingerprint density at radius 3 is 2.50 bits per heavy atom. The van der Waals surface area contributed by atoms with E-state index in [9.17, 15) is 0 Å². The Labute approximate surface area is 113 Å². The average Bonchev–Trinajstić information content (AvgIpc) is 2.35. The van der Waals surface area contributed by atoms with Crippen molar-refractivity contribution in [1.82, 2.24) is 4.90 Å². The van der Waals surface area contributed by atoms with Gasteiger partial charge in [-0.25, -0.2) is 0 Å². The molecule has 0 radical (unpaired) electrons. The summed E-state index contributed by atoms with van der Waals surface area (Å²) in [6, 6.07) is 16.0.